The molecule has 3 aliphatic heterocycles. The topological polar surface area (TPSA) is 53.4 Å². The normalized spacial score (nSPS) is 22.0. The molecule has 0 aliphatic carbocycles. The van der Waals surface area contributed by atoms with Crippen molar-refractivity contribution in [2.24, 2.45) is 0 Å². The van der Waals surface area contributed by atoms with Gasteiger partial charge in [0.05, 0.1) is 23.7 Å². The van der Waals surface area contributed by atoms with Gasteiger partial charge in [-0.25, -0.2) is 4.98 Å². The zero-order valence-electron chi connectivity index (χ0n) is 15.9. The molecular weight excluding hydrogens is 434 g/mol. The van der Waals surface area contributed by atoms with E-state index in [2.05, 4.69) is 0 Å². The van der Waals surface area contributed by atoms with Crippen LogP contribution in [0.25, 0.3) is 11.0 Å². The number of benzene rings is 2. The van der Waals surface area contributed by atoms with Crippen molar-refractivity contribution >= 4 is 40.4 Å². The molecule has 4 heterocycles. The van der Waals surface area contributed by atoms with Crippen molar-refractivity contribution in [2.45, 2.75) is 42.1 Å². The first-order valence-corrected chi connectivity index (χ1v) is 10.8. The molecule has 30 heavy (non-hydrogen) atoms. The fourth-order valence-corrected chi connectivity index (χ4v) is 6.06. The number of hydrogen-bond acceptors (Lipinski definition) is 5. The number of aromatic nitrogens is 2. The Morgan fingerprint density at radius 2 is 2.23 bits per heavy atom. The van der Waals surface area contributed by atoms with Gasteiger partial charge in [0.2, 0.25) is 0 Å². The molecule has 2 bridgehead atoms. The molecule has 0 radical (unpaired) electrons. The van der Waals surface area contributed by atoms with Crippen molar-refractivity contribution in [3.05, 3.63) is 52.8 Å². The molecular formula is C21H17ClF2N2O3S. The maximum atomic E-state index is 13.2. The second-order valence-corrected chi connectivity index (χ2v) is 8.97. The lowest BCUT2D eigenvalue weighted by molar-refractivity contribution is -0.147. The molecule has 3 aliphatic rings. The minimum Gasteiger partial charge on any atom is -0.465 e. The van der Waals surface area contributed by atoms with Gasteiger partial charge in [-0.3, -0.25) is 4.79 Å². The van der Waals surface area contributed by atoms with E-state index in [1.54, 1.807) is 31.2 Å². The largest absolute Gasteiger partial charge is 0.465 e. The summed E-state index contributed by atoms with van der Waals surface area (Å²) in [6.07, 6.45) is 1.02. The van der Waals surface area contributed by atoms with Gasteiger partial charge in [-0.15, -0.1) is 0 Å². The van der Waals surface area contributed by atoms with E-state index in [9.17, 15) is 13.6 Å². The van der Waals surface area contributed by atoms with Gasteiger partial charge in [-0.1, -0.05) is 29.4 Å². The van der Waals surface area contributed by atoms with E-state index in [0.717, 1.165) is 5.52 Å². The van der Waals surface area contributed by atoms with Gasteiger partial charge >= 0.3 is 12.6 Å². The van der Waals surface area contributed by atoms with E-state index in [-0.39, 0.29) is 24.4 Å². The first-order chi connectivity index (χ1) is 14.4. The Hall–Kier alpha value is -2.32. The molecule has 5 nitrogen and oxygen atoms in total. The average molecular weight is 451 g/mol. The Labute approximate surface area is 180 Å². The number of rotatable bonds is 4. The van der Waals surface area contributed by atoms with Crippen LogP contribution in [-0.2, 0) is 14.3 Å². The maximum Gasteiger partial charge on any atom is 0.387 e. The summed E-state index contributed by atoms with van der Waals surface area (Å²) in [5, 5.41) is 0.528. The van der Waals surface area contributed by atoms with E-state index < -0.39 is 11.4 Å². The van der Waals surface area contributed by atoms with Crippen molar-refractivity contribution in [1.82, 2.24) is 9.55 Å². The molecule has 0 N–H and O–H groups in total. The number of thioether (sulfide) groups is 1. The van der Waals surface area contributed by atoms with Crippen LogP contribution >= 0.6 is 23.4 Å². The highest BCUT2D eigenvalue weighted by Crippen LogP contribution is 2.59. The van der Waals surface area contributed by atoms with Gasteiger partial charge in [0.1, 0.15) is 11.6 Å². The maximum absolute atomic E-state index is 13.2. The van der Waals surface area contributed by atoms with Crippen LogP contribution < -0.4 is 4.74 Å². The van der Waals surface area contributed by atoms with Gasteiger partial charge in [-0.05, 0) is 50.1 Å². The molecule has 9 heteroatoms. The third-order valence-corrected chi connectivity index (χ3v) is 7.27. The SMILES string of the molecule is CCOC(=O)[C@]12CC[C@H](c3c(OC(F)F)cccc3S1)n1c2nc2ccc(Cl)cc21. The van der Waals surface area contributed by atoms with Crippen molar-refractivity contribution < 1.29 is 23.0 Å². The van der Waals surface area contributed by atoms with Gasteiger partial charge in [-0.2, -0.15) is 8.78 Å². The van der Waals surface area contributed by atoms with Crippen molar-refractivity contribution in [3.63, 3.8) is 0 Å². The Morgan fingerprint density at radius 1 is 1.40 bits per heavy atom. The highest BCUT2D eigenvalue weighted by atomic mass is 35.5. The molecule has 0 spiro atoms. The zero-order valence-corrected chi connectivity index (χ0v) is 17.5. The Balaban J connectivity index is 1.83. The van der Waals surface area contributed by atoms with E-state index in [4.69, 9.17) is 26.1 Å². The second kappa shape index (κ2) is 7.13. The number of alkyl halides is 2. The smallest absolute Gasteiger partial charge is 0.387 e. The molecule has 2 atom stereocenters. The molecule has 0 saturated heterocycles. The van der Waals surface area contributed by atoms with E-state index in [1.165, 1.54) is 17.8 Å². The van der Waals surface area contributed by atoms with Crippen LogP contribution in [0.15, 0.2) is 41.3 Å². The van der Waals surface area contributed by atoms with E-state index in [0.29, 0.717) is 39.7 Å². The molecule has 156 valence electrons. The monoisotopic (exact) mass is 450 g/mol. The number of halogens is 3. The van der Waals surface area contributed by atoms with Crippen molar-refractivity contribution in [3.8, 4) is 5.75 Å². The van der Waals surface area contributed by atoms with E-state index >= 15 is 0 Å². The van der Waals surface area contributed by atoms with Crippen molar-refractivity contribution in [1.29, 1.82) is 0 Å². The standard InChI is InChI=1S/C21H17ClF2N2O3S/c1-2-28-19(27)21-9-8-13(17-15(29-20(23)24)4-3-5-16(17)30-21)26-14-10-11(22)6-7-12(14)25-18(21)26/h3-7,10,13,20H,2,8-9H2,1H3/t13-,21-/m1/s1. The van der Waals surface area contributed by atoms with Crippen molar-refractivity contribution in [2.75, 3.05) is 6.61 Å². The summed E-state index contributed by atoms with van der Waals surface area (Å²) in [4.78, 5) is 18.7. The molecule has 2 aromatic carbocycles. The molecule has 0 unspecified atom stereocenters. The number of ether oxygens (including phenoxy) is 2. The minimum absolute atomic E-state index is 0.108. The number of carbonyl (C=O) groups excluding carboxylic acids is 1. The zero-order chi connectivity index (χ0) is 21.0. The quantitative estimate of drug-likeness (QED) is 0.488. The molecule has 0 fully saturated rings. The fourth-order valence-electron chi connectivity index (χ4n) is 4.43. The number of hydrogen-bond donors (Lipinski definition) is 0. The number of esters is 1. The van der Waals surface area contributed by atoms with Crippen LogP contribution in [0.2, 0.25) is 5.02 Å². The summed E-state index contributed by atoms with van der Waals surface area (Å²) in [5.74, 6) is 0.277. The van der Waals surface area contributed by atoms with Crippen LogP contribution in [0.1, 0.15) is 37.2 Å². The minimum atomic E-state index is -2.95. The molecule has 0 saturated carbocycles. The Kier molecular flexibility index (Phi) is 4.67. The molecule has 0 amide bonds. The predicted molar refractivity (Wildman–Crippen MR) is 109 cm³/mol. The van der Waals surface area contributed by atoms with Crippen LogP contribution in [0.5, 0.6) is 5.75 Å². The van der Waals surface area contributed by atoms with Crippen LogP contribution in [0.3, 0.4) is 0 Å². The lowest BCUT2D eigenvalue weighted by Crippen LogP contribution is -2.40. The summed E-state index contributed by atoms with van der Waals surface area (Å²) in [7, 11) is 0. The summed E-state index contributed by atoms with van der Waals surface area (Å²) in [5.41, 5.74) is 2.06. The van der Waals surface area contributed by atoms with Crippen LogP contribution in [0, 0.1) is 0 Å². The Bertz CT molecular complexity index is 1170. The number of imidazole rings is 1. The summed E-state index contributed by atoms with van der Waals surface area (Å²) < 4.78 is 37.5. The van der Waals surface area contributed by atoms with Gasteiger partial charge in [0, 0.05) is 15.5 Å². The van der Waals surface area contributed by atoms with Gasteiger partial charge in [0.25, 0.3) is 0 Å². The molecule has 3 aromatic rings. The predicted octanol–water partition coefficient (Wildman–Crippen LogP) is 5.54. The average Bonchev–Trinajstić information content (AvgIpc) is 2.93. The number of fused-ring (bicyclic) bond motifs is 2. The second-order valence-electron chi connectivity index (χ2n) is 7.19. The lowest BCUT2D eigenvalue weighted by Gasteiger charge is -2.34. The number of nitrogens with zero attached hydrogens (tertiary/aromatic N) is 2. The lowest BCUT2D eigenvalue weighted by atomic mass is 9.89. The van der Waals surface area contributed by atoms with Crippen LogP contribution in [-0.4, -0.2) is 28.7 Å². The highest BCUT2D eigenvalue weighted by Gasteiger charge is 2.54. The number of carbonyl (C=O) groups is 1. The highest BCUT2D eigenvalue weighted by molar-refractivity contribution is 8.01. The van der Waals surface area contributed by atoms with E-state index in [1.807, 2.05) is 10.6 Å². The third kappa shape index (κ3) is 2.80. The van der Waals surface area contributed by atoms with Gasteiger partial charge < -0.3 is 14.0 Å². The molecule has 6 rings (SSSR count). The summed E-state index contributed by atoms with van der Waals surface area (Å²) in [6, 6.07) is 10.0. The fraction of sp³-hybridized carbons (Fsp3) is 0.333. The Morgan fingerprint density at radius 3 is 3.00 bits per heavy atom. The van der Waals surface area contributed by atoms with Crippen LogP contribution in [0.4, 0.5) is 8.78 Å². The summed E-state index contributed by atoms with van der Waals surface area (Å²) in [6.45, 7) is -0.959. The first-order valence-electron chi connectivity index (χ1n) is 9.56. The summed E-state index contributed by atoms with van der Waals surface area (Å²) >= 11 is 7.55. The van der Waals surface area contributed by atoms with Gasteiger partial charge in [0.15, 0.2) is 4.75 Å². The third-order valence-electron chi connectivity index (χ3n) is 5.56. The molecule has 1 aromatic heterocycles. The first kappa shape index (κ1) is 19.6.